The second-order valence-corrected chi connectivity index (χ2v) is 5.29. The van der Waals surface area contributed by atoms with Crippen molar-refractivity contribution >= 4 is 0 Å². The lowest BCUT2D eigenvalue weighted by Gasteiger charge is -2.10. The SMILES string of the molecule is COc1ccccc1Cn1ccc(C(N)C2CC2)c1. The molecule has 1 atom stereocenters. The molecule has 0 aliphatic heterocycles. The smallest absolute Gasteiger partial charge is 0.123 e. The first-order valence-electron chi connectivity index (χ1n) is 6.81. The molecule has 1 aromatic carbocycles. The Morgan fingerprint density at radius 3 is 2.84 bits per heavy atom. The molecule has 0 radical (unpaired) electrons. The molecular weight excluding hydrogens is 236 g/mol. The Morgan fingerprint density at radius 1 is 1.32 bits per heavy atom. The molecule has 2 aromatic rings. The Balaban J connectivity index is 1.76. The van der Waals surface area contributed by atoms with Gasteiger partial charge < -0.3 is 15.0 Å². The highest BCUT2D eigenvalue weighted by atomic mass is 16.5. The summed E-state index contributed by atoms with van der Waals surface area (Å²) in [6.07, 6.45) is 6.82. The van der Waals surface area contributed by atoms with E-state index in [9.17, 15) is 0 Å². The zero-order valence-electron chi connectivity index (χ0n) is 11.3. The molecule has 0 bridgehead atoms. The minimum absolute atomic E-state index is 0.207. The third-order valence-corrected chi connectivity index (χ3v) is 3.83. The van der Waals surface area contributed by atoms with Gasteiger partial charge in [-0.1, -0.05) is 18.2 Å². The quantitative estimate of drug-likeness (QED) is 0.893. The van der Waals surface area contributed by atoms with Gasteiger partial charge in [-0.05, 0) is 36.5 Å². The third-order valence-electron chi connectivity index (χ3n) is 3.83. The summed E-state index contributed by atoms with van der Waals surface area (Å²) in [7, 11) is 1.71. The Labute approximate surface area is 114 Å². The molecule has 3 rings (SSSR count). The molecule has 19 heavy (non-hydrogen) atoms. The molecule has 1 saturated carbocycles. The predicted molar refractivity (Wildman–Crippen MR) is 76.2 cm³/mol. The van der Waals surface area contributed by atoms with E-state index in [4.69, 9.17) is 10.5 Å². The first kappa shape index (κ1) is 12.3. The molecule has 2 N–H and O–H groups in total. The Hall–Kier alpha value is -1.74. The first-order valence-corrected chi connectivity index (χ1v) is 6.81. The molecule has 0 amide bonds. The summed E-state index contributed by atoms with van der Waals surface area (Å²) in [6, 6.07) is 10.5. The van der Waals surface area contributed by atoms with E-state index in [1.165, 1.54) is 24.0 Å². The molecule has 100 valence electrons. The summed E-state index contributed by atoms with van der Waals surface area (Å²) >= 11 is 0. The van der Waals surface area contributed by atoms with Gasteiger partial charge in [0.2, 0.25) is 0 Å². The lowest BCUT2D eigenvalue weighted by atomic mass is 10.1. The van der Waals surface area contributed by atoms with Gasteiger partial charge in [-0.3, -0.25) is 0 Å². The largest absolute Gasteiger partial charge is 0.496 e. The minimum atomic E-state index is 0.207. The molecular formula is C16H20N2O. The van der Waals surface area contributed by atoms with Crippen LogP contribution in [0.3, 0.4) is 0 Å². The summed E-state index contributed by atoms with van der Waals surface area (Å²) in [6.45, 7) is 0.821. The first-order chi connectivity index (χ1) is 9.28. The van der Waals surface area contributed by atoms with Crippen molar-refractivity contribution in [3.63, 3.8) is 0 Å². The number of nitrogens with zero attached hydrogens (tertiary/aromatic N) is 1. The van der Waals surface area contributed by atoms with E-state index in [-0.39, 0.29) is 6.04 Å². The predicted octanol–water partition coefficient (Wildman–Crippen LogP) is 2.95. The Bertz CT molecular complexity index is 557. The van der Waals surface area contributed by atoms with Crippen LogP contribution in [0.15, 0.2) is 42.7 Å². The fraction of sp³-hybridized carbons (Fsp3) is 0.375. The molecule has 1 aliphatic carbocycles. The van der Waals surface area contributed by atoms with Crippen LogP contribution in [0.1, 0.15) is 30.0 Å². The third kappa shape index (κ3) is 2.66. The lowest BCUT2D eigenvalue weighted by Crippen LogP contribution is -2.11. The second-order valence-electron chi connectivity index (χ2n) is 5.29. The average molecular weight is 256 g/mol. The summed E-state index contributed by atoms with van der Waals surface area (Å²) in [5.74, 6) is 1.63. The molecule has 1 fully saturated rings. The van der Waals surface area contributed by atoms with Gasteiger partial charge in [0.05, 0.1) is 13.7 Å². The summed E-state index contributed by atoms with van der Waals surface area (Å²) < 4.78 is 7.56. The van der Waals surface area contributed by atoms with Crippen molar-refractivity contribution in [3.05, 3.63) is 53.9 Å². The molecule has 3 nitrogen and oxygen atoms in total. The number of methoxy groups -OCH3 is 1. The zero-order chi connectivity index (χ0) is 13.2. The number of para-hydroxylation sites is 1. The van der Waals surface area contributed by atoms with Crippen LogP contribution in [0.2, 0.25) is 0 Å². The number of ether oxygens (including phenoxy) is 1. The van der Waals surface area contributed by atoms with Crippen molar-refractivity contribution < 1.29 is 4.74 Å². The summed E-state index contributed by atoms with van der Waals surface area (Å²) in [5, 5.41) is 0. The maximum Gasteiger partial charge on any atom is 0.123 e. The minimum Gasteiger partial charge on any atom is -0.496 e. The standard InChI is InChI=1S/C16H20N2O/c1-19-15-5-3-2-4-13(15)10-18-9-8-14(11-18)16(17)12-6-7-12/h2-5,8-9,11-12,16H,6-7,10,17H2,1H3. The van der Waals surface area contributed by atoms with E-state index < -0.39 is 0 Å². The van der Waals surface area contributed by atoms with Crippen LogP contribution in [-0.4, -0.2) is 11.7 Å². The number of hydrogen-bond donors (Lipinski definition) is 1. The van der Waals surface area contributed by atoms with Crippen molar-refractivity contribution in [1.29, 1.82) is 0 Å². The van der Waals surface area contributed by atoms with Crippen LogP contribution < -0.4 is 10.5 Å². The molecule has 0 saturated heterocycles. The maximum absolute atomic E-state index is 6.23. The van der Waals surface area contributed by atoms with Gasteiger partial charge in [-0.25, -0.2) is 0 Å². The van der Waals surface area contributed by atoms with E-state index in [0.29, 0.717) is 5.92 Å². The fourth-order valence-corrected chi connectivity index (χ4v) is 2.51. The van der Waals surface area contributed by atoms with Crippen LogP contribution >= 0.6 is 0 Å². The van der Waals surface area contributed by atoms with Crippen molar-refractivity contribution in [2.24, 2.45) is 11.7 Å². The van der Waals surface area contributed by atoms with Crippen LogP contribution in [0.25, 0.3) is 0 Å². The Morgan fingerprint density at radius 2 is 2.11 bits per heavy atom. The van der Waals surface area contributed by atoms with Crippen LogP contribution in [0.4, 0.5) is 0 Å². The van der Waals surface area contributed by atoms with Crippen molar-refractivity contribution in [1.82, 2.24) is 4.57 Å². The van der Waals surface area contributed by atoms with E-state index in [0.717, 1.165) is 12.3 Å². The van der Waals surface area contributed by atoms with Gasteiger partial charge in [-0.15, -0.1) is 0 Å². The van der Waals surface area contributed by atoms with E-state index in [1.54, 1.807) is 7.11 Å². The zero-order valence-corrected chi connectivity index (χ0v) is 11.3. The fourth-order valence-electron chi connectivity index (χ4n) is 2.51. The van der Waals surface area contributed by atoms with E-state index in [1.807, 2.05) is 18.2 Å². The van der Waals surface area contributed by atoms with Crippen molar-refractivity contribution in [2.45, 2.75) is 25.4 Å². The summed E-state index contributed by atoms with van der Waals surface area (Å²) in [5.41, 5.74) is 8.66. The van der Waals surface area contributed by atoms with Gasteiger partial charge in [0, 0.05) is 24.0 Å². The van der Waals surface area contributed by atoms with Gasteiger partial charge in [0.1, 0.15) is 5.75 Å². The van der Waals surface area contributed by atoms with Gasteiger partial charge in [0.25, 0.3) is 0 Å². The van der Waals surface area contributed by atoms with Gasteiger partial charge in [0.15, 0.2) is 0 Å². The van der Waals surface area contributed by atoms with E-state index >= 15 is 0 Å². The van der Waals surface area contributed by atoms with Crippen molar-refractivity contribution in [2.75, 3.05) is 7.11 Å². The van der Waals surface area contributed by atoms with Crippen LogP contribution in [0, 0.1) is 5.92 Å². The summed E-state index contributed by atoms with van der Waals surface area (Å²) in [4.78, 5) is 0. The lowest BCUT2D eigenvalue weighted by molar-refractivity contribution is 0.408. The molecule has 1 heterocycles. The highest BCUT2D eigenvalue weighted by Gasteiger charge is 2.29. The highest BCUT2D eigenvalue weighted by Crippen LogP contribution is 2.39. The number of benzene rings is 1. The number of nitrogens with two attached hydrogens (primary N) is 1. The normalized spacial score (nSPS) is 16.3. The number of rotatable bonds is 5. The Kier molecular flexibility index (Phi) is 3.30. The second kappa shape index (κ2) is 5.10. The van der Waals surface area contributed by atoms with Gasteiger partial charge in [-0.2, -0.15) is 0 Å². The molecule has 0 spiro atoms. The van der Waals surface area contributed by atoms with Crippen LogP contribution in [0.5, 0.6) is 5.75 Å². The van der Waals surface area contributed by atoms with Gasteiger partial charge >= 0.3 is 0 Å². The topological polar surface area (TPSA) is 40.2 Å². The molecule has 1 aliphatic rings. The van der Waals surface area contributed by atoms with E-state index in [2.05, 4.69) is 29.1 Å². The number of hydrogen-bond acceptors (Lipinski definition) is 2. The molecule has 1 unspecified atom stereocenters. The molecule has 1 aromatic heterocycles. The highest BCUT2D eigenvalue weighted by molar-refractivity contribution is 5.33. The monoisotopic (exact) mass is 256 g/mol. The van der Waals surface area contributed by atoms with Crippen molar-refractivity contribution in [3.8, 4) is 5.75 Å². The maximum atomic E-state index is 6.23. The number of aromatic nitrogens is 1. The average Bonchev–Trinajstić information content (AvgIpc) is 3.19. The molecule has 3 heteroatoms. The van der Waals surface area contributed by atoms with Crippen LogP contribution in [-0.2, 0) is 6.54 Å².